The first kappa shape index (κ1) is 19.0. The molecule has 0 bridgehead atoms. The fraction of sp³-hybridized carbons (Fsp3) is 0.333. The van der Waals surface area contributed by atoms with Crippen molar-refractivity contribution in [1.82, 2.24) is 24.2 Å². The Morgan fingerprint density at radius 3 is 2.75 bits per heavy atom. The SMILES string of the molecule is CNS(=O)c1ccc(CNc2nc3ccc(Cl)nc3n(CC3CC3)c2=O)nc1. The number of halogens is 1. The molecule has 0 aromatic carbocycles. The number of pyridine rings is 2. The average Bonchev–Trinajstić information content (AvgIpc) is 3.53. The van der Waals surface area contributed by atoms with E-state index in [0.717, 1.165) is 12.8 Å². The Kier molecular flexibility index (Phi) is 5.38. The molecule has 1 fully saturated rings. The number of nitrogens with zero attached hydrogens (tertiary/aromatic N) is 4. The largest absolute Gasteiger partial charge is 0.360 e. The number of hydrogen-bond acceptors (Lipinski definition) is 6. The molecule has 8 nitrogen and oxygen atoms in total. The maximum Gasteiger partial charge on any atom is 0.294 e. The second kappa shape index (κ2) is 7.94. The van der Waals surface area contributed by atoms with Crippen LogP contribution in [-0.2, 0) is 24.1 Å². The van der Waals surface area contributed by atoms with Crippen LogP contribution in [0.5, 0.6) is 0 Å². The molecular weight excluding hydrogens is 400 g/mol. The van der Waals surface area contributed by atoms with Crippen LogP contribution in [0.3, 0.4) is 0 Å². The average molecular weight is 419 g/mol. The second-order valence-corrected chi connectivity index (χ2v) is 8.41. The Labute approximate surface area is 169 Å². The highest BCUT2D eigenvalue weighted by atomic mass is 35.5. The van der Waals surface area contributed by atoms with E-state index in [0.29, 0.717) is 45.9 Å². The molecule has 0 amide bonds. The highest BCUT2D eigenvalue weighted by Gasteiger charge is 2.24. The monoisotopic (exact) mass is 418 g/mol. The Hall–Kier alpha value is -2.36. The minimum absolute atomic E-state index is 0.220. The molecular formula is C18H19ClN6O2S. The van der Waals surface area contributed by atoms with Gasteiger partial charge in [-0.15, -0.1) is 0 Å². The van der Waals surface area contributed by atoms with Gasteiger partial charge in [-0.25, -0.2) is 18.9 Å². The van der Waals surface area contributed by atoms with E-state index < -0.39 is 11.0 Å². The molecule has 1 unspecified atom stereocenters. The molecule has 1 aliphatic rings. The van der Waals surface area contributed by atoms with Crippen LogP contribution < -0.4 is 15.6 Å². The molecule has 10 heteroatoms. The van der Waals surface area contributed by atoms with Crippen molar-refractivity contribution >= 4 is 39.6 Å². The topological polar surface area (TPSA) is 102 Å². The van der Waals surface area contributed by atoms with Gasteiger partial charge in [0.1, 0.15) is 21.7 Å². The summed E-state index contributed by atoms with van der Waals surface area (Å²) in [7, 11) is 0.337. The van der Waals surface area contributed by atoms with Crippen molar-refractivity contribution in [2.45, 2.75) is 30.8 Å². The third-order valence-corrected chi connectivity index (χ3v) is 5.78. The molecule has 2 N–H and O–H groups in total. The fourth-order valence-corrected chi connectivity index (χ4v) is 3.58. The minimum atomic E-state index is -1.28. The van der Waals surface area contributed by atoms with Crippen molar-refractivity contribution in [3.05, 3.63) is 51.7 Å². The zero-order valence-corrected chi connectivity index (χ0v) is 16.8. The second-order valence-electron chi connectivity index (χ2n) is 6.61. The quantitative estimate of drug-likeness (QED) is 0.570. The van der Waals surface area contributed by atoms with E-state index in [1.807, 2.05) is 0 Å². The van der Waals surface area contributed by atoms with E-state index in [1.165, 1.54) is 0 Å². The number of rotatable bonds is 7. The molecule has 4 rings (SSSR count). The van der Waals surface area contributed by atoms with Gasteiger partial charge in [-0.05, 0) is 50.1 Å². The lowest BCUT2D eigenvalue weighted by Gasteiger charge is -2.12. The molecule has 146 valence electrons. The van der Waals surface area contributed by atoms with E-state index in [-0.39, 0.29) is 11.4 Å². The number of nitrogens with one attached hydrogen (secondary N) is 2. The first-order valence-corrected chi connectivity index (χ1v) is 10.4. The molecule has 0 radical (unpaired) electrons. The lowest BCUT2D eigenvalue weighted by Crippen LogP contribution is -2.27. The van der Waals surface area contributed by atoms with Crippen molar-refractivity contribution in [1.29, 1.82) is 0 Å². The maximum absolute atomic E-state index is 12.9. The summed E-state index contributed by atoms with van der Waals surface area (Å²) in [5, 5.41) is 3.41. The van der Waals surface area contributed by atoms with Gasteiger partial charge in [0.05, 0.1) is 17.1 Å². The van der Waals surface area contributed by atoms with Gasteiger partial charge in [0.15, 0.2) is 11.5 Å². The van der Waals surface area contributed by atoms with Crippen LogP contribution in [-0.4, -0.2) is 30.8 Å². The number of fused-ring (bicyclic) bond motifs is 1. The van der Waals surface area contributed by atoms with Crippen LogP contribution in [0.2, 0.25) is 5.15 Å². The molecule has 0 spiro atoms. The molecule has 1 aliphatic carbocycles. The van der Waals surface area contributed by atoms with Crippen LogP contribution >= 0.6 is 11.6 Å². The van der Waals surface area contributed by atoms with Gasteiger partial charge >= 0.3 is 0 Å². The van der Waals surface area contributed by atoms with Crippen LogP contribution in [0.25, 0.3) is 11.2 Å². The predicted molar refractivity (Wildman–Crippen MR) is 109 cm³/mol. The molecule has 0 aliphatic heterocycles. The van der Waals surface area contributed by atoms with Gasteiger partial charge < -0.3 is 5.32 Å². The number of aromatic nitrogens is 4. The molecule has 0 saturated heterocycles. The molecule has 3 aromatic rings. The van der Waals surface area contributed by atoms with E-state index in [1.54, 1.807) is 42.1 Å². The first-order valence-electron chi connectivity index (χ1n) is 8.90. The Bertz CT molecular complexity index is 1100. The van der Waals surface area contributed by atoms with Crippen LogP contribution in [0.1, 0.15) is 18.5 Å². The molecule has 1 saturated carbocycles. The summed E-state index contributed by atoms with van der Waals surface area (Å²) in [5.41, 5.74) is 1.61. The fourth-order valence-electron chi connectivity index (χ4n) is 2.86. The summed E-state index contributed by atoms with van der Waals surface area (Å²) in [6.07, 6.45) is 3.78. The highest BCUT2D eigenvalue weighted by molar-refractivity contribution is 7.83. The van der Waals surface area contributed by atoms with E-state index in [9.17, 15) is 9.00 Å². The summed E-state index contributed by atoms with van der Waals surface area (Å²) in [5.74, 6) is 0.751. The van der Waals surface area contributed by atoms with Crippen LogP contribution in [0.4, 0.5) is 5.82 Å². The molecule has 3 aromatic heterocycles. The highest BCUT2D eigenvalue weighted by Crippen LogP contribution is 2.31. The normalized spacial score (nSPS) is 14.9. The van der Waals surface area contributed by atoms with Crippen molar-refractivity contribution < 1.29 is 4.21 Å². The van der Waals surface area contributed by atoms with Gasteiger partial charge in [-0.1, -0.05) is 11.6 Å². The molecule has 28 heavy (non-hydrogen) atoms. The number of hydrogen-bond donors (Lipinski definition) is 2. The predicted octanol–water partition coefficient (Wildman–Crippen LogP) is 2.10. The van der Waals surface area contributed by atoms with Gasteiger partial charge in [0.25, 0.3) is 5.56 Å². The third kappa shape index (κ3) is 4.06. The molecule has 3 heterocycles. The maximum atomic E-state index is 12.9. The van der Waals surface area contributed by atoms with Crippen LogP contribution in [0.15, 0.2) is 40.2 Å². The summed E-state index contributed by atoms with van der Waals surface area (Å²) < 4.78 is 16.0. The van der Waals surface area contributed by atoms with E-state index in [4.69, 9.17) is 11.6 Å². The van der Waals surface area contributed by atoms with Crippen molar-refractivity contribution in [3.63, 3.8) is 0 Å². The van der Waals surface area contributed by atoms with Crippen molar-refractivity contribution in [3.8, 4) is 0 Å². The third-order valence-electron chi connectivity index (χ3n) is 4.53. The smallest absolute Gasteiger partial charge is 0.294 e. The van der Waals surface area contributed by atoms with Gasteiger partial charge in [-0.2, -0.15) is 0 Å². The van der Waals surface area contributed by atoms with Crippen molar-refractivity contribution in [2.24, 2.45) is 5.92 Å². The Morgan fingerprint density at radius 1 is 1.25 bits per heavy atom. The molecule has 1 atom stereocenters. The summed E-state index contributed by atoms with van der Waals surface area (Å²) in [6.45, 7) is 0.938. The Morgan fingerprint density at radius 2 is 2.07 bits per heavy atom. The standard InChI is InChI=1S/C18H19ClN6O2S/c1-20-28(27)13-5-4-12(21-9-13)8-22-16-18(26)25(10-11-2-3-11)17-14(23-16)6-7-15(19)24-17/h4-7,9,11,20H,2-3,8,10H2,1H3,(H,22,23). The minimum Gasteiger partial charge on any atom is -0.360 e. The first-order chi connectivity index (χ1) is 13.5. The number of anilines is 1. The van der Waals surface area contributed by atoms with Gasteiger partial charge in [0, 0.05) is 12.7 Å². The zero-order valence-electron chi connectivity index (χ0n) is 15.2. The van der Waals surface area contributed by atoms with E-state index in [2.05, 4.69) is 25.0 Å². The van der Waals surface area contributed by atoms with E-state index >= 15 is 0 Å². The summed E-state index contributed by atoms with van der Waals surface area (Å²) >= 11 is 6.02. The zero-order chi connectivity index (χ0) is 19.7. The lowest BCUT2D eigenvalue weighted by atomic mass is 10.3. The van der Waals surface area contributed by atoms with Crippen molar-refractivity contribution in [2.75, 3.05) is 12.4 Å². The van der Waals surface area contributed by atoms with Gasteiger partial charge in [0.2, 0.25) is 0 Å². The van der Waals surface area contributed by atoms with Gasteiger partial charge in [-0.3, -0.25) is 14.3 Å². The summed E-state index contributed by atoms with van der Waals surface area (Å²) in [6, 6.07) is 6.93. The summed E-state index contributed by atoms with van der Waals surface area (Å²) in [4.78, 5) is 26.5. The van der Waals surface area contributed by atoms with Crippen LogP contribution in [0, 0.1) is 5.92 Å². The Balaban J connectivity index is 1.61. The lowest BCUT2D eigenvalue weighted by molar-refractivity contribution is 0.620.